The number of likely N-dealkylation sites (N-methyl/N-ethyl adjacent to an activating group) is 1. The van der Waals surface area contributed by atoms with E-state index in [0.717, 1.165) is 0 Å². The molecule has 1 aromatic carbocycles. The van der Waals surface area contributed by atoms with Gasteiger partial charge in [-0.25, -0.2) is 9.59 Å². The van der Waals surface area contributed by atoms with E-state index < -0.39 is 24.7 Å². The number of nitrogens with zero attached hydrogens (tertiary/aromatic N) is 1. The first kappa shape index (κ1) is 15.8. The second-order valence-electron chi connectivity index (χ2n) is 4.34. The Kier molecular flexibility index (Phi) is 5.79. The molecule has 0 saturated carbocycles. The molecule has 7 nitrogen and oxygen atoms in total. The summed E-state index contributed by atoms with van der Waals surface area (Å²) in [6.45, 7) is 1.27. The van der Waals surface area contributed by atoms with Crippen molar-refractivity contribution in [2.24, 2.45) is 0 Å². The first-order chi connectivity index (χ1) is 9.40. The first-order valence-corrected chi connectivity index (χ1v) is 6.04. The van der Waals surface area contributed by atoms with Gasteiger partial charge in [-0.05, 0) is 19.1 Å². The number of carboxylic acids is 1. The van der Waals surface area contributed by atoms with Crippen molar-refractivity contribution < 1.29 is 24.5 Å². The third kappa shape index (κ3) is 5.15. The van der Waals surface area contributed by atoms with Gasteiger partial charge in [0, 0.05) is 13.6 Å². The Hall–Kier alpha value is -2.28. The normalized spacial score (nSPS) is 11.6. The number of anilines is 1. The molecule has 20 heavy (non-hydrogen) atoms. The zero-order chi connectivity index (χ0) is 15.1. The maximum Gasteiger partial charge on any atom is 0.341 e. The zero-order valence-electron chi connectivity index (χ0n) is 11.4. The number of hydrogen-bond acceptors (Lipinski definition) is 4. The highest BCUT2D eigenvalue weighted by molar-refractivity contribution is 5.90. The molecule has 0 heterocycles. The number of aliphatic carboxylic acids is 1. The van der Waals surface area contributed by atoms with Crippen molar-refractivity contribution in [1.82, 2.24) is 4.90 Å². The summed E-state index contributed by atoms with van der Waals surface area (Å²) in [6.07, 6.45) is -0.635. The summed E-state index contributed by atoms with van der Waals surface area (Å²) < 4.78 is 5.08. The van der Waals surface area contributed by atoms with Crippen LogP contribution in [0.4, 0.5) is 10.5 Å². The molecule has 0 aliphatic carbocycles. The van der Waals surface area contributed by atoms with E-state index in [1.807, 2.05) is 0 Å². The Morgan fingerprint density at radius 1 is 1.40 bits per heavy atom. The van der Waals surface area contributed by atoms with Gasteiger partial charge >= 0.3 is 12.0 Å². The highest BCUT2D eigenvalue weighted by atomic mass is 16.5. The van der Waals surface area contributed by atoms with Crippen LogP contribution in [-0.2, 0) is 4.79 Å². The van der Waals surface area contributed by atoms with Crippen LogP contribution in [0.5, 0.6) is 5.75 Å². The fourth-order valence-corrected chi connectivity index (χ4v) is 1.53. The molecule has 110 valence electrons. The molecular formula is C13H18N2O5. The summed E-state index contributed by atoms with van der Waals surface area (Å²) in [5.74, 6) is -0.828. The molecule has 3 N–H and O–H groups in total. The Balaban J connectivity index is 2.71. The number of amides is 2. The lowest BCUT2D eigenvalue weighted by Crippen LogP contribution is -2.36. The van der Waals surface area contributed by atoms with Crippen LogP contribution in [0.2, 0.25) is 0 Å². The fourth-order valence-electron chi connectivity index (χ4n) is 1.53. The molecule has 0 aliphatic heterocycles. The van der Waals surface area contributed by atoms with Crippen molar-refractivity contribution in [1.29, 1.82) is 0 Å². The quantitative estimate of drug-likeness (QED) is 0.722. The summed E-state index contributed by atoms with van der Waals surface area (Å²) in [5.41, 5.74) is 0.371. The SMILES string of the molecule is CC(O)CN(C)C(=O)Nc1ccccc1OCC(=O)O. The number of rotatable bonds is 6. The summed E-state index contributed by atoms with van der Waals surface area (Å²) in [7, 11) is 1.54. The van der Waals surface area contributed by atoms with Gasteiger partial charge in [0.15, 0.2) is 6.61 Å². The Labute approximate surface area is 116 Å². The smallest absolute Gasteiger partial charge is 0.341 e. The lowest BCUT2D eigenvalue weighted by molar-refractivity contribution is -0.139. The molecule has 0 spiro atoms. The van der Waals surface area contributed by atoms with E-state index in [1.54, 1.807) is 38.2 Å². The lowest BCUT2D eigenvalue weighted by atomic mass is 10.3. The van der Waals surface area contributed by atoms with E-state index >= 15 is 0 Å². The van der Waals surface area contributed by atoms with Crippen LogP contribution in [0.15, 0.2) is 24.3 Å². The fraction of sp³-hybridized carbons (Fsp3) is 0.385. The van der Waals surface area contributed by atoms with E-state index in [9.17, 15) is 14.7 Å². The maximum atomic E-state index is 11.9. The Morgan fingerprint density at radius 3 is 2.65 bits per heavy atom. The van der Waals surface area contributed by atoms with Gasteiger partial charge in [0.1, 0.15) is 5.75 Å². The summed E-state index contributed by atoms with van der Waals surface area (Å²) >= 11 is 0. The summed E-state index contributed by atoms with van der Waals surface area (Å²) in [6, 6.07) is 6.11. The standard InChI is InChI=1S/C13H18N2O5/c1-9(16)7-15(2)13(19)14-10-5-3-4-6-11(10)20-8-12(17)18/h3-6,9,16H,7-8H2,1-2H3,(H,14,19)(H,17,18). The molecule has 7 heteroatoms. The topological polar surface area (TPSA) is 99.1 Å². The minimum absolute atomic E-state index is 0.185. The van der Waals surface area contributed by atoms with Gasteiger partial charge in [-0.15, -0.1) is 0 Å². The van der Waals surface area contributed by atoms with E-state index in [-0.39, 0.29) is 12.3 Å². The van der Waals surface area contributed by atoms with Gasteiger partial charge in [0.05, 0.1) is 11.8 Å². The van der Waals surface area contributed by atoms with Crippen molar-refractivity contribution in [3.63, 3.8) is 0 Å². The van der Waals surface area contributed by atoms with Gasteiger partial charge in [-0.1, -0.05) is 12.1 Å². The van der Waals surface area contributed by atoms with Crippen LogP contribution >= 0.6 is 0 Å². The minimum Gasteiger partial charge on any atom is -0.480 e. The van der Waals surface area contributed by atoms with Crippen molar-refractivity contribution >= 4 is 17.7 Å². The van der Waals surface area contributed by atoms with Crippen LogP contribution in [0.25, 0.3) is 0 Å². The molecule has 0 fully saturated rings. The van der Waals surface area contributed by atoms with Crippen molar-refractivity contribution in [2.45, 2.75) is 13.0 Å². The molecule has 1 unspecified atom stereocenters. The number of hydrogen-bond donors (Lipinski definition) is 3. The number of para-hydroxylation sites is 2. The third-order valence-corrected chi connectivity index (χ3v) is 2.36. The first-order valence-electron chi connectivity index (χ1n) is 6.04. The van der Waals surface area contributed by atoms with Crippen molar-refractivity contribution in [3.05, 3.63) is 24.3 Å². The van der Waals surface area contributed by atoms with Crippen molar-refractivity contribution in [3.8, 4) is 5.75 Å². The number of nitrogens with one attached hydrogen (secondary N) is 1. The number of ether oxygens (including phenoxy) is 1. The number of carbonyl (C=O) groups excluding carboxylic acids is 1. The number of aliphatic hydroxyl groups is 1. The van der Waals surface area contributed by atoms with Crippen LogP contribution in [0.1, 0.15) is 6.92 Å². The number of carbonyl (C=O) groups is 2. The molecule has 0 aromatic heterocycles. The third-order valence-electron chi connectivity index (χ3n) is 2.36. The predicted molar refractivity (Wildman–Crippen MR) is 72.9 cm³/mol. The number of carboxylic acid groups (broad SMARTS) is 1. The minimum atomic E-state index is -1.10. The van der Waals surface area contributed by atoms with Crippen LogP contribution in [0, 0.1) is 0 Å². The maximum absolute atomic E-state index is 11.9. The molecule has 1 atom stereocenters. The number of urea groups is 1. The average Bonchev–Trinajstić information content (AvgIpc) is 2.36. The largest absolute Gasteiger partial charge is 0.480 e. The van der Waals surface area contributed by atoms with Crippen LogP contribution in [-0.4, -0.2) is 53.4 Å². The second kappa shape index (κ2) is 7.34. The monoisotopic (exact) mass is 282 g/mol. The second-order valence-corrected chi connectivity index (χ2v) is 4.34. The summed E-state index contributed by atoms with van der Waals surface area (Å²) in [5, 5.41) is 20.4. The Morgan fingerprint density at radius 2 is 2.05 bits per heavy atom. The highest BCUT2D eigenvalue weighted by Gasteiger charge is 2.13. The number of benzene rings is 1. The van der Waals surface area contributed by atoms with E-state index in [2.05, 4.69) is 5.32 Å². The van der Waals surface area contributed by atoms with Crippen LogP contribution in [0.3, 0.4) is 0 Å². The van der Waals surface area contributed by atoms with E-state index in [4.69, 9.17) is 9.84 Å². The van der Waals surface area contributed by atoms with Gasteiger partial charge in [-0.2, -0.15) is 0 Å². The molecule has 0 aliphatic rings. The molecule has 2 amide bonds. The number of aliphatic hydroxyl groups excluding tert-OH is 1. The van der Waals surface area contributed by atoms with Gasteiger partial charge in [0.2, 0.25) is 0 Å². The van der Waals surface area contributed by atoms with Gasteiger partial charge in [0.25, 0.3) is 0 Å². The van der Waals surface area contributed by atoms with E-state index in [1.165, 1.54) is 4.90 Å². The zero-order valence-corrected chi connectivity index (χ0v) is 11.4. The van der Waals surface area contributed by atoms with Gasteiger partial charge in [-0.3, -0.25) is 0 Å². The molecule has 0 bridgehead atoms. The van der Waals surface area contributed by atoms with Crippen LogP contribution < -0.4 is 10.1 Å². The van der Waals surface area contributed by atoms with E-state index in [0.29, 0.717) is 5.69 Å². The lowest BCUT2D eigenvalue weighted by Gasteiger charge is -2.20. The van der Waals surface area contributed by atoms with Gasteiger partial charge < -0.3 is 25.2 Å². The molecular weight excluding hydrogens is 264 g/mol. The molecule has 0 saturated heterocycles. The molecule has 1 aromatic rings. The summed E-state index contributed by atoms with van der Waals surface area (Å²) in [4.78, 5) is 23.7. The average molecular weight is 282 g/mol. The predicted octanol–water partition coefficient (Wildman–Crippen LogP) is 0.995. The molecule has 1 rings (SSSR count). The highest BCUT2D eigenvalue weighted by Crippen LogP contribution is 2.23. The van der Waals surface area contributed by atoms with Crippen molar-refractivity contribution in [2.75, 3.05) is 25.5 Å². The Bertz CT molecular complexity index is 476. The molecule has 0 radical (unpaired) electrons.